The lowest BCUT2D eigenvalue weighted by Crippen LogP contribution is -2.55. The first kappa shape index (κ1) is 28.4. The van der Waals surface area contributed by atoms with E-state index in [1.165, 1.54) is 0 Å². The molecule has 6 rings (SSSR count). The van der Waals surface area contributed by atoms with Gasteiger partial charge in [0, 0.05) is 49.0 Å². The Kier molecular flexibility index (Phi) is 8.37. The minimum absolute atomic E-state index is 0.0205. The van der Waals surface area contributed by atoms with Crippen LogP contribution in [0.15, 0.2) is 83.9 Å². The van der Waals surface area contributed by atoms with E-state index in [0.29, 0.717) is 51.3 Å². The molecule has 1 fully saturated rings. The average molecular weight is 580 g/mol. The van der Waals surface area contributed by atoms with Crippen molar-refractivity contribution in [2.75, 3.05) is 36.4 Å². The van der Waals surface area contributed by atoms with Gasteiger partial charge in [-0.25, -0.2) is 14.6 Å². The van der Waals surface area contributed by atoms with E-state index in [0.717, 1.165) is 40.9 Å². The van der Waals surface area contributed by atoms with Crippen molar-refractivity contribution in [3.05, 3.63) is 95.6 Å². The summed E-state index contributed by atoms with van der Waals surface area (Å²) in [5.74, 6) is -0.276. The molecule has 3 aliphatic rings. The third-order valence-corrected chi connectivity index (χ3v) is 8.40. The van der Waals surface area contributed by atoms with Crippen molar-refractivity contribution in [1.82, 2.24) is 15.1 Å². The Morgan fingerprint density at radius 1 is 0.930 bits per heavy atom. The fraction of sp³-hybridized carbons (Fsp3) is 0.333. The second-order valence-corrected chi connectivity index (χ2v) is 11.1. The number of rotatable bonds is 7. The number of carbonyl (C=O) groups is 3. The minimum Gasteiger partial charge on any atom is -0.330 e. The van der Waals surface area contributed by atoms with Gasteiger partial charge in [-0.05, 0) is 49.9 Å². The van der Waals surface area contributed by atoms with Gasteiger partial charge in [0.05, 0.1) is 11.4 Å². The van der Waals surface area contributed by atoms with Crippen LogP contribution in [0.25, 0.3) is 0 Å². The van der Waals surface area contributed by atoms with Crippen LogP contribution in [-0.2, 0) is 11.3 Å². The monoisotopic (exact) mass is 579 g/mol. The molecule has 10 heteroatoms. The molecule has 3 heterocycles. The number of anilines is 2. The van der Waals surface area contributed by atoms with Crippen LogP contribution in [0, 0.1) is 0 Å². The molecule has 1 atom stereocenters. The molecular formula is C33H37N7O3. The van der Waals surface area contributed by atoms with Crippen molar-refractivity contribution in [2.45, 2.75) is 44.4 Å². The average Bonchev–Trinajstić information content (AvgIpc) is 3.15. The Hall–Kier alpha value is -4.70. The molecule has 222 valence electrons. The zero-order valence-corrected chi connectivity index (χ0v) is 24.1. The van der Waals surface area contributed by atoms with Crippen LogP contribution in [-0.4, -0.2) is 71.9 Å². The summed E-state index contributed by atoms with van der Waals surface area (Å²) in [6, 6.07) is 24.9. The molecule has 0 aromatic heterocycles. The highest BCUT2D eigenvalue weighted by molar-refractivity contribution is 6.20. The highest BCUT2D eigenvalue weighted by Gasteiger charge is 2.36. The lowest BCUT2D eigenvalue weighted by molar-refractivity contribution is -0.120. The number of fused-ring (bicyclic) bond motifs is 2. The largest absolute Gasteiger partial charge is 0.330 e. The third kappa shape index (κ3) is 5.96. The number of para-hydroxylation sites is 2. The van der Waals surface area contributed by atoms with Gasteiger partial charge in [-0.15, -0.1) is 0 Å². The fourth-order valence-electron chi connectivity index (χ4n) is 6.10. The van der Waals surface area contributed by atoms with Crippen LogP contribution >= 0.6 is 0 Å². The highest BCUT2D eigenvalue weighted by atomic mass is 16.2. The summed E-state index contributed by atoms with van der Waals surface area (Å²) >= 11 is 0. The van der Waals surface area contributed by atoms with Crippen LogP contribution in [0.2, 0.25) is 0 Å². The van der Waals surface area contributed by atoms with E-state index in [-0.39, 0.29) is 24.0 Å². The first-order chi connectivity index (χ1) is 21.0. The number of piperidine rings is 1. The van der Waals surface area contributed by atoms with E-state index < -0.39 is 6.17 Å². The molecule has 4 N–H and O–H groups in total. The normalized spacial score (nSPS) is 18.8. The van der Waals surface area contributed by atoms with E-state index in [1.807, 2.05) is 83.8 Å². The maximum atomic E-state index is 14.0. The van der Waals surface area contributed by atoms with Crippen molar-refractivity contribution in [2.24, 2.45) is 10.7 Å². The van der Waals surface area contributed by atoms with Crippen molar-refractivity contribution in [3.63, 3.8) is 0 Å². The number of urea groups is 2. The zero-order chi connectivity index (χ0) is 29.8. The maximum absolute atomic E-state index is 14.0. The summed E-state index contributed by atoms with van der Waals surface area (Å²) in [6.07, 6.45) is 1.73. The molecule has 43 heavy (non-hydrogen) atoms. The molecule has 3 aromatic rings. The second-order valence-electron chi connectivity index (χ2n) is 11.1. The summed E-state index contributed by atoms with van der Waals surface area (Å²) in [6.45, 7) is 2.50. The molecule has 1 saturated heterocycles. The number of hydrogen-bond acceptors (Lipinski definition) is 5. The Bertz CT molecular complexity index is 1520. The van der Waals surface area contributed by atoms with Crippen LogP contribution in [0.4, 0.5) is 21.0 Å². The number of nitrogens with two attached hydrogens (primary N) is 1. The molecule has 3 aromatic carbocycles. The predicted molar refractivity (Wildman–Crippen MR) is 167 cm³/mol. The summed E-state index contributed by atoms with van der Waals surface area (Å²) < 4.78 is 0. The number of carbonyl (C=O) groups excluding carboxylic acids is 3. The maximum Gasteiger partial charge on any atom is 0.322 e. The lowest BCUT2D eigenvalue weighted by Gasteiger charge is -2.40. The van der Waals surface area contributed by atoms with Gasteiger partial charge in [-0.1, -0.05) is 66.7 Å². The van der Waals surface area contributed by atoms with Crippen LogP contribution < -0.4 is 21.3 Å². The molecule has 3 aliphatic heterocycles. The summed E-state index contributed by atoms with van der Waals surface area (Å²) in [5.41, 5.74) is 10.8. The van der Waals surface area contributed by atoms with Crippen molar-refractivity contribution in [1.29, 1.82) is 0 Å². The van der Waals surface area contributed by atoms with Crippen LogP contribution in [0.1, 0.15) is 42.4 Å². The number of unbranched alkanes of at least 4 members (excludes halogenated alkanes) is 1. The van der Waals surface area contributed by atoms with Crippen LogP contribution in [0.5, 0.6) is 0 Å². The lowest BCUT2D eigenvalue weighted by atomic mass is 10.00. The number of nitrogens with zero attached hydrogens (tertiary/aromatic N) is 4. The van der Waals surface area contributed by atoms with Gasteiger partial charge in [0.2, 0.25) is 6.17 Å². The van der Waals surface area contributed by atoms with Gasteiger partial charge < -0.3 is 31.1 Å². The molecule has 0 radical (unpaired) electrons. The van der Waals surface area contributed by atoms with E-state index in [9.17, 15) is 14.4 Å². The smallest absolute Gasteiger partial charge is 0.322 e. The van der Waals surface area contributed by atoms with Gasteiger partial charge in [0.1, 0.15) is 0 Å². The molecule has 1 unspecified atom stereocenters. The van der Waals surface area contributed by atoms with Crippen molar-refractivity contribution >= 4 is 35.1 Å². The van der Waals surface area contributed by atoms with Gasteiger partial charge in [-0.2, -0.15) is 0 Å². The van der Waals surface area contributed by atoms with Gasteiger partial charge >= 0.3 is 12.1 Å². The van der Waals surface area contributed by atoms with E-state index in [2.05, 4.69) is 10.6 Å². The summed E-state index contributed by atoms with van der Waals surface area (Å²) in [4.78, 5) is 50.6. The Balaban J connectivity index is 1.19. The van der Waals surface area contributed by atoms with Crippen LogP contribution in [0.3, 0.4) is 0 Å². The second kappa shape index (κ2) is 12.7. The SMILES string of the molecule is NCCCCN1C(=O)C(NC(=O)N2CCC(N3Cc4ccccc4NC3=O)CC2)N=C(c2ccccc2)c2ccccc21. The topological polar surface area (TPSA) is 123 Å². The number of aliphatic imine (C=N–C) groups is 1. The number of benzene rings is 3. The molecule has 5 amide bonds. The predicted octanol–water partition coefficient (Wildman–Crippen LogP) is 4.16. The number of amides is 5. The third-order valence-electron chi connectivity index (χ3n) is 8.40. The highest BCUT2D eigenvalue weighted by Crippen LogP contribution is 2.30. The van der Waals surface area contributed by atoms with Crippen molar-refractivity contribution in [3.8, 4) is 0 Å². The molecule has 0 saturated carbocycles. The van der Waals surface area contributed by atoms with E-state index >= 15 is 0 Å². The molecule has 0 spiro atoms. The van der Waals surface area contributed by atoms with Crippen molar-refractivity contribution < 1.29 is 14.4 Å². The summed E-state index contributed by atoms with van der Waals surface area (Å²) in [7, 11) is 0. The Morgan fingerprint density at radius 2 is 1.65 bits per heavy atom. The quantitative estimate of drug-likeness (QED) is 0.364. The van der Waals surface area contributed by atoms with Gasteiger partial charge in [0.25, 0.3) is 5.91 Å². The standard InChI is InChI=1S/C33H37N7O3/c34-18-8-9-19-39-28-15-7-5-13-26(28)29(23-10-2-1-3-11-23)36-30(31(39)41)37-32(42)38-20-16-25(17-21-38)40-22-24-12-4-6-14-27(24)35-33(40)43/h1-7,10-15,25,30H,8-9,16-22,34H2,(H,35,43)(H,37,42). The molecule has 0 bridgehead atoms. The number of nitrogens with one attached hydrogen (secondary N) is 2. The summed E-state index contributed by atoms with van der Waals surface area (Å²) in [5, 5.41) is 5.92. The van der Waals surface area contributed by atoms with E-state index in [1.54, 1.807) is 9.80 Å². The Morgan fingerprint density at radius 3 is 2.44 bits per heavy atom. The molecule has 0 aliphatic carbocycles. The zero-order valence-electron chi connectivity index (χ0n) is 24.1. The van der Waals surface area contributed by atoms with E-state index in [4.69, 9.17) is 10.7 Å². The fourth-order valence-corrected chi connectivity index (χ4v) is 6.10. The Labute approximate surface area is 251 Å². The molecule has 10 nitrogen and oxygen atoms in total. The first-order valence-electron chi connectivity index (χ1n) is 15.0. The minimum atomic E-state index is -1.09. The number of benzodiazepines with no additional fused rings is 1. The molecular weight excluding hydrogens is 542 g/mol. The first-order valence-corrected chi connectivity index (χ1v) is 15.0. The number of likely N-dealkylation sites (tertiary alicyclic amines) is 1. The van der Waals surface area contributed by atoms with Gasteiger partial charge in [-0.3, -0.25) is 4.79 Å². The van der Waals surface area contributed by atoms with Gasteiger partial charge in [0.15, 0.2) is 0 Å². The number of hydrogen-bond donors (Lipinski definition) is 3.